The SMILES string of the molecule is O=C(C[N+]12CCN(CC1)CC2)Nc1cccc([N+](=O)[O-])c1. The molecule has 1 amide bonds. The maximum absolute atomic E-state index is 12.2. The molecule has 1 aromatic rings. The Morgan fingerprint density at radius 3 is 2.57 bits per heavy atom. The molecule has 0 atom stereocenters. The Morgan fingerprint density at radius 1 is 1.29 bits per heavy atom. The maximum Gasteiger partial charge on any atom is 0.279 e. The topological polar surface area (TPSA) is 75.5 Å². The van der Waals surface area contributed by atoms with E-state index in [2.05, 4.69) is 10.2 Å². The molecule has 3 fully saturated rings. The van der Waals surface area contributed by atoms with Gasteiger partial charge in [0.15, 0.2) is 6.54 Å². The van der Waals surface area contributed by atoms with Gasteiger partial charge in [0.1, 0.15) is 0 Å². The number of fused-ring (bicyclic) bond motifs is 3. The molecule has 3 saturated heterocycles. The van der Waals surface area contributed by atoms with Gasteiger partial charge in [0.2, 0.25) is 0 Å². The van der Waals surface area contributed by atoms with Crippen molar-refractivity contribution in [2.24, 2.45) is 0 Å². The second-order valence-electron chi connectivity index (χ2n) is 5.87. The van der Waals surface area contributed by atoms with Crippen LogP contribution < -0.4 is 5.32 Å². The number of non-ortho nitro benzene ring substituents is 1. The van der Waals surface area contributed by atoms with E-state index < -0.39 is 4.92 Å². The number of hydrogen-bond acceptors (Lipinski definition) is 4. The Labute approximate surface area is 122 Å². The molecule has 7 nitrogen and oxygen atoms in total. The first-order valence-electron chi connectivity index (χ1n) is 7.18. The molecule has 2 bridgehead atoms. The van der Waals surface area contributed by atoms with E-state index in [1.165, 1.54) is 12.1 Å². The van der Waals surface area contributed by atoms with Gasteiger partial charge in [0.05, 0.1) is 24.6 Å². The molecule has 21 heavy (non-hydrogen) atoms. The van der Waals surface area contributed by atoms with Crippen molar-refractivity contribution in [1.29, 1.82) is 0 Å². The summed E-state index contributed by atoms with van der Waals surface area (Å²) >= 11 is 0. The van der Waals surface area contributed by atoms with Crippen molar-refractivity contribution in [2.45, 2.75) is 0 Å². The molecule has 0 spiro atoms. The zero-order chi connectivity index (χ0) is 14.9. The van der Waals surface area contributed by atoms with Crippen LogP contribution >= 0.6 is 0 Å². The Hall–Kier alpha value is -1.99. The quantitative estimate of drug-likeness (QED) is 0.503. The van der Waals surface area contributed by atoms with Crippen LogP contribution in [0.3, 0.4) is 0 Å². The summed E-state index contributed by atoms with van der Waals surface area (Å²) in [7, 11) is 0. The number of carbonyl (C=O) groups is 1. The van der Waals surface area contributed by atoms with Crippen LogP contribution in [0.25, 0.3) is 0 Å². The smallest absolute Gasteiger partial charge is 0.279 e. The highest BCUT2D eigenvalue weighted by molar-refractivity contribution is 5.91. The van der Waals surface area contributed by atoms with E-state index in [4.69, 9.17) is 0 Å². The summed E-state index contributed by atoms with van der Waals surface area (Å²) in [6.45, 7) is 6.68. The summed E-state index contributed by atoms with van der Waals surface area (Å²) < 4.78 is 0.845. The third-order valence-electron chi connectivity index (χ3n) is 4.49. The van der Waals surface area contributed by atoms with E-state index in [-0.39, 0.29) is 11.6 Å². The minimum Gasteiger partial charge on any atom is -0.321 e. The Kier molecular flexibility index (Phi) is 3.60. The van der Waals surface area contributed by atoms with Gasteiger partial charge in [-0.15, -0.1) is 0 Å². The molecular formula is C14H19N4O3+. The standard InChI is InChI=1S/C14H18N4O3/c19-14(11-18-7-4-16(5-8-18)6-9-18)15-12-2-1-3-13(10-12)17(20)21/h1-3,10H,4-9,11H2/p+1. The Bertz CT molecular complexity index is 553. The number of nitrogens with one attached hydrogen (secondary N) is 1. The maximum atomic E-state index is 12.2. The van der Waals surface area contributed by atoms with Crippen molar-refractivity contribution in [1.82, 2.24) is 4.90 Å². The predicted molar refractivity (Wildman–Crippen MR) is 77.9 cm³/mol. The number of nitro benzene ring substituents is 1. The molecular weight excluding hydrogens is 272 g/mol. The minimum atomic E-state index is -0.457. The summed E-state index contributed by atoms with van der Waals surface area (Å²) in [5.41, 5.74) is 0.481. The van der Waals surface area contributed by atoms with Crippen LogP contribution in [0.5, 0.6) is 0 Å². The van der Waals surface area contributed by atoms with Crippen molar-refractivity contribution in [3.8, 4) is 0 Å². The fraction of sp³-hybridized carbons (Fsp3) is 0.500. The number of rotatable bonds is 4. The first-order chi connectivity index (χ1) is 10.1. The van der Waals surface area contributed by atoms with Gasteiger partial charge in [-0.25, -0.2) is 0 Å². The van der Waals surface area contributed by atoms with E-state index in [0.717, 1.165) is 43.8 Å². The van der Waals surface area contributed by atoms with Gasteiger partial charge in [-0.3, -0.25) is 19.8 Å². The van der Waals surface area contributed by atoms with E-state index in [0.29, 0.717) is 12.2 Å². The van der Waals surface area contributed by atoms with E-state index in [9.17, 15) is 14.9 Å². The van der Waals surface area contributed by atoms with Gasteiger partial charge in [-0.1, -0.05) is 6.07 Å². The first kappa shape index (κ1) is 14.0. The minimum absolute atomic E-state index is 0.00794. The molecule has 3 aliphatic rings. The number of benzene rings is 1. The average Bonchev–Trinajstić information content (AvgIpc) is 2.48. The predicted octanol–water partition coefficient (Wildman–Crippen LogP) is 0.679. The molecule has 0 unspecified atom stereocenters. The molecule has 0 aromatic heterocycles. The summed E-state index contributed by atoms with van der Waals surface area (Å²) in [5, 5.41) is 13.5. The third kappa shape index (κ3) is 3.03. The molecule has 0 radical (unpaired) electrons. The molecule has 3 aliphatic heterocycles. The highest BCUT2D eigenvalue weighted by Crippen LogP contribution is 2.20. The second kappa shape index (κ2) is 5.42. The average molecular weight is 291 g/mol. The number of piperazine rings is 3. The lowest BCUT2D eigenvalue weighted by Gasteiger charge is -2.50. The lowest BCUT2D eigenvalue weighted by atomic mass is 10.1. The van der Waals surface area contributed by atoms with Gasteiger partial charge >= 0.3 is 0 Å². The van der Waals surface area contributed by atoms with Crippen LogP contribution in [-0.4, -0.2) is 66.0 Å². The third-order valence-corrected chi connectivity index (χ3v) is 4.49. The van der Waals surface area contributed by atoms with Crippen molar-refractivity contribution in [3.63, 3.8) is 0 Å². The molecule has 4 rings (SSSR count). The number of nitrogens with zero attached hydrogens (tertiary/aromatic N) is 3. The molecule has 7 heteroatoms. The molecule has 3 heterocycles. The van der Waals surface area contributed by atoms with Gasteiger partial charge < -0.3 is 9.80 Å². The number of amides is 1. The van der Waals surface area contributed by atoms with Crippen LogP contribution in [0.1, 0.15) is 0 Å². The van der Waals surface area contributed by atoms with Gasteiger partial charge in [-0.05, 0) is 6.07 Å². The highest BCUT2D eigenvalue weighted by Gasteiger charge is 2.39. The molecule has 112 valence electrons. The van der Waals surface area contributed by atoms with Crippen LogP contribution in [0.15, 0.2) is 24.3 Å². The molecule has 0 aliphatic carbocycles. The Balaban J connectivity index is 1.64. The largest absolute Gasteiger partial charge is 0.321 e. The summed E-state index contributed by atoms with van der Waals surface area (Å²) in [6, 6.07) is 6.08. The van der Waals surface area contributed by atoms with Crippen molar-refractivity contribution in [2.75, 3.05) is 51.1 Å². The number of hydrogen-bond donors (Lipinski definition) is 1. The fourth-order valence-electron chi connectivity index (χ4n) is 3.17. The van der Waals surface area contributed by atoms with Crippen molar-refractivity contribution >= 4 is 17.3 Å². The van der Waals surface area contributed by atoms with Crippen molar-refractivity contribution in [3.05, 3.63) is 34.4 Å². The summed E-state index contributed by atoms with van der Waals surface area (Å²) in [6.07, 6.45) is 0. The first-order valence-corrected chi connectivity index (χ1v) is 7.18. The van der Waals surface area contributed by atoms with Crippen LogP contribution in [0, 0.1) is 10.1 Å². The van der Waals surface area contributed by atoms with Crippen LogP contribution in [0.2, 0.25) is 0 Å². The van der Waals surface area contributed by atoms with E-state index >= 15 is 0 Å². The van der Waals surface area contributed by atoms with E-state index in [1.807, 2.05) is 0 Å². The zero-order valence-corrected chi connectivity index (χ0v) is 11.8. The number of nitro groups is 1. The molecule has 1 N–H and O–H groups in total. The van der Waals surface area contributed by atoms with Gasteiger partial charge in [0, 0.05) is 37.5 Å². The van der Waals surface area contributed by atoms with Gasteiger partial charge in [0.25, 0.3) is 11.6 Å². The van der Waals surface area contributed by atoms with Crippen LogP contribution in [0.4, 0.5) is 11.4 Å². The summed E-state index contributed by atoms with van der Waals surface area (Å²) in [4.78, 5) is 24.9. The number of anilines is 1. The molecule has 1 aromatic carbocycles. The van der Waals surface area contributed by atoms with Gasteiger partial charge in [-0.2, -0.15) is 0 Å². The summed E-state index contributed by atoms with van der Waals surface area (Å²) in [5.74, 6) is -0.0640. The lowest BCUT2D eigenvalue weighted by Crippen LogP contribution is -2.68. The fourth-order valence-corrected chi connectivity index (χ4v) is 3.17. The number of quaternary nitrogens is 1. The van der Waals surface area contributed by atoms with Crippen molar-refractivity contribution < 1.29 is 14.2 Å². The normalized spacial score (nSPS) is 27.3. The highest BCUT2D eigenvalue weighted by atomic mass is 16.6. The second-order valence-corrected chi connectivity index (χ2v) is 5.87. The molecule has 0 saturated carbocycles. The zero-order valence-electron chi connectivity index (χ0n) is 11.8. The number of carbonyl (C=O) groups excluding carboxylic acids is 1. The Morgan fingerprint density at radius 2 is 1.95 bits per heavy atom. The monoisotopic (exact) mass is 291 g/mol. The lowest BCUT2D eigenvalue weighted by molar-refractivity contribution is -0.933. The van der Waals surface area contributed by atoms with E-state index in [1.54, 1.807) is 12.1 Å². The van der Waals surface area contributed by atoms with Crippen LogP contribution in [-0.2, 0) is 4.79 Å².